The molecule has 102 valence electrons. The Bertz CT molecular complexity index is 389. The third kappa shape index (κ3) is 1.68. The van der Waals surface area contributed by atoms with Crippen LogP contribution in [0.15, 0.2) is 24.3 Å². The zero-order valence-electron chi connectivity index (χ0n) is 11.3. The second kappa shape index (κ2) is 4.19. The van der Waals surface area contributed by atoms with Gasteiger partial charge in [0.25, 0.3) is 0 Å². The summed E-state index contributed by atoms with van der Waals surface area (Å²) < 4.78 is 0. The summed E-state index contributed by atoms with van der Waals surface area (Å²) in [6.45, 7) is 11.7. The lowest BCUT2D eigenvalue weighted by Crippen LogP contribution is -2.63. The van der Waals surface area contributed by atoms with Crippen molar-refractivity contribution >= 4 is 0 Å². The minimum atomic E-state index is -1.19. The Kier molecular flexibility index (Phi) is 3.21. The fourth-order valence-electron chi connectivity index (χ4n) is 3.62. The number of aliphatic hydroxyl groups is 3. The molecule has 0 heterocycles. The van der Waals surface area contributed by atoms with Gasteiger partial charge in [0.2, 0.25) is 0 Å². The lowest BCUT2D eigenvalue weighted by molar-refractivity contribution is -0.179. The van der Waals surface area contributed by atoms with Crippen molar-refractivity contribution in [1.29, 1.82) is 0 Å². The van der Waals surface area contributed by atoms with E-state index in [1.54, 1.807) is 0 Å². The molecule has 0 bridgehead atoms. The molecule has 0 aromatic heterocycles. The summed E-state index contributed by atoms with van der Waals surface area (Å²) in [5.41, 5.74) is -0.282. The molecule has 0 saturated heterocycles. The maximum Gasteiger partial charge on any atom is 0.0962 e. The van der Waals surface area contributed by atoms with Gasteiger partial charge in [-0.15, -0.1) is 0 Å². The maximum absolute atomic E-state index is 11.0. The summed E-state index contributed by atoms with van der Waals surface area (Å²) in [4.78, 5) is 0. The molecule has 3 nitrogen and oxygen atoms in total. The first kappa shape index (κ1) is 13.8. The van der Waals surface area contributed by atoms with Crippen LogP contribution in [0, 0.1) is 11.3 Å². The van der Waals surface area contributed by atoms with Gasteiger partial charge in [-0.3, -0.25) is 0 Å². The zero-order chi connectivity index (χ0) is 13.7. The van der Waals surface area contributed by atoms with Crippen molar-refractivity contribution in [2.24, 2.45) is 11.3 Å². The van der Waals surface area contributed by atoms with E-state index in [1.807, 2.05) is 13.8 Å². The van der Waals surface area contributed by atoms with Crippen molar-refractivity contribution in [3.63, 3.8) is 0 Å². The molecule has 2 saturated carbocycles. The van der Waals surface area contributed by atoms with Gasteiger partial charge in [-0.1, -0.05) is 25.7 Å². The number of rotatable bonds is 1. The zero-order valence-corrected chi connectivity index (χ0v) is 11.3. The van der Waals surface area contributed by atoms with Crippen LogP contribution in [0.3, 0.4) is 0 Å². The summed E-state index contributed by atoms with van der Waals surface area (Å²) in [7, 11) is 0. The van der Waals surface area contributed by atoms with Crippen LogP contribution in [0.1, 0.15) is 39.5 Å². The smallest absolute Gasteiger partial charge is 0.0962 e. The van der Waals surface area contributed by atoms with Gasteiger partial charge >= 0.3 is 0 Å². The molecular weight excluding hydrogens is 228 g/mol. The van der Waals surface area contributed by atoms with Crippen LogP contribution >= 0.6 is 0 Å². The maximum atomic E-state index is 11.0. The first-order valence-electron chi connectivity index (χ1n) is 6.65. The Morgan fingerprint density at radius 3 is 2.56 bits per heavy atom. The Hall–Kier alpha value is -0.640. The molecular formula is C15H24O3. The van der Waals surface area contributed by atoms with Crippen LogP contribution in [0.4, 0.5) is 0 Å². The largest absolute Gasteiger partial charge is 0.392 e. The van der Waals surface area contributed by atoms with Gasteiger partial charge in [0.1, 0.15) is 0 Å². The van der Waals surface area contributed by atoms with Crippen molar-refractivity contribution in [3.05, 3.63) is 24.3 Å². The molecule has 0 aromatic carbocycles. The highest BCUT2D eigenvalue weighted by molar-refractivity contribution is 5.30. The Labute approximate surface area is 109 Å². The van der Waals surface area contributed by atoms with E-state index in [0.29, 0.717) is 12.0 Å². The van der Waals surface area contributed by atoms with Crippen molar-refractivity contribution in [3.8, 4) is 0 Å². The predicted octanol–water partition coefficient (Wildman–Crippen LogP) is 1.78. The topological polar surface area (TPSA) is 60.7 Å². The number of hydrogen-bond acceptors (Lipinski definition) is 3. The lowest BCUT2D eigenvalue weighted by Gasteiger charge is -2.58. The van der Waals surface area contributed by atoms with Gasteiger partial charge in [0.05, 0.1) is 17.8 Å². The summed E-state index contributed by atoms with van der Waals surface area (Å²) in [5, 5.41) is 31.2. The van der Waals surface area contributed by atoms with Crippen LogP contribution in [0.2, 0.25) is 0 Å². The number of hydrogen-bond donors (Lipinski definition) is 3. The van der Waals surface area contributed by atoms with Crippen LogP contribution < -0.4 is 0 Å². The second-order valence-corrected chi connectivity index (χ2v) is 6.36. The minimum Gasteiger partial charge on any atom is -0.392 e. The van der Waals surface area contributed by atoms with E-state index in [4.69, 9.17) is 0 Å². The predicted molar refractivity (Wildman–Crippen MR) is 71.0 cm³/mol. The molecule has 18 heavy (non-hydrogen) atoms. The van der Waals surface area contributed by atoms with Gasteiger partial charge < -0.3 is 15.3 Å². The number of allylic oxidation sites excluding steroid dienone is 1. The van der Waals surface area contributed by atoms with E-state index < -0.39 is 23.2 Å². The second-order valence-electron chi connectivity index (χ2n) is 6.36. The van der Waals surface area contributed by atoms with Gasteiger partial charge in [-0.05, 0) is 37.7 Å². The summed E-state index contributed by atoms with van der Waals surface area (Å²) in [6, 6.07) is 0. The van der Waals surface area contributed by atoms with Gasteiger partial charge in [0, 0.05) is 11.8 Å². The molecule has 0 unspecified atom stereocenters. The van der Waals surface area contributed by atoms with Crippen LogP contribution in [-0.2, 0) is 0 Å². The average molecular weight is 252 g/mol. The average Bonchev–Trinajstić information content (AvgIpc) is 2.29. The van der Waals surface area contributed by atoms with E-state index in [2.05, 4.69) is 13.2 Å². The fraction of sp³-hybridized carbons (Fsp3) is 0.733. The Morgan fingerprint density at radius 2 is 2.00 bits per heavy atom. The van der Waals surface area contributed by atoms with Crippen molar-refractivity contribution in [2.75, 3.05) is 0 Å². The standard InChI is InChI=1S/C15H24O3/c1-9(2)11-5-6-14(4)13(17)7-12(16)10(3)15(14,18)8-11/h11-13,16-18H,1,3,5-8H2,2,4H3/t11-,12-,13-,14+,15-/m1/s1. The summed E-state index contributed by atoms with van der Waals surface area (Å²) in [5.74, 6) is 0.234. The molecule has 5 atom stereocenters. The third-order valence-corrected chi connectivity index (χ3v) is 5.31. The SMILES string of the molecule is C=C(C)[C@@H]1CC[C@@]2(C)[C@H](O)C[C@@H](O)C(=C)[C@]2(O)C1. The van der Waals surface area contributed by atoms with E-state index in [1.165, 1.54) is 0 Å². The molecule has 3 N–H and O–H groups in total. The Balaban J connectivity index is 2.39. The molecule has 2 rings (SSSR count). The van der Waals surface area contributed by atoms with E-state index in [-0.39, 0.29) is 12.3 Å². The third-order valence-electron chi connectivity index (χ3n) is 5.31. The highest BCUT2D eigenvalue weighted by atomic mass is 16.3. The van der Waals surface area contributed by atoms with Crippen LogP contribution in [-0.4, -0.2) is 33.1 Å². The number of fused-ring (bicyclic) bond motifs is 1. The quantitative estimate of drug-likeness (QED) is 0.623. The fourth-order valence-corrected chi connectivity index (χ4v) is 3.62. The lowest BCUT2D eigenvalue weighted by atomic mass is 9.51. The molecule has 0 radical (unpaired) electrons. The van der Waals surface area contributed by atoms with E-state index >= 15 is 0 Å². The molecule has 2 aliphatic carbocycles. The van der Waals surface area contributed by atoms with Crippen molar-refractivity contribution in [1.82, 2.24) is 0 Å². The monoisotopic (exact) mass is 252 g/mol. The normalized spacial score (nSPS) is 48.7. The number of aliphatic hydroxyl groups excluding tert-OH is 2. The molecule has 0 aromatic rings. The molecule has 2 aliphatic rings. The minimum absolute atomic E-state index is 0.234. The molecule has 2 fully saturated rings. The molecule has 0 spiro atoms. The molecule has 0 aliphatic heterocycles. The summed E-state index contributed by atoms with van der Waals surface area (Å²) >= 11 is 0. The van der Waals surface area contributed by atoms with Crippen LogP contribution in [0.5, 0.6) is 0 Å². The molecule has 0 amide bonds. The first-order chi connectivity index (χ1) is 8.22. The Morgan fingerprint density at radius 1 is 1.39 bits per heavy atom. The van der Waals surface area contributed by atoms with Gasteiger partial charge in [-0.25, -0.2) is 0 Å². The first-order valence-corrected chi connectivity index (χ1v) is 6.65. The highest BCUT2D eigenvalue weighted by Crippen LogP contribution is 2.56. The summed E-state index contributed by atoms with van der Waals surface area (Å²) in [6.07, 6.45) is 0.931. The van der Waals surface area contributed by atoms with Crippen LogP contribution in [0.25, 0.3) is 0 Å². The van der Waals surface area contributed by atoms with Crippen molar-refractivity contribution < 1.29 is 15.3 Å². The van der Waals surface area contributed by atoms with Gasteiger partial charge in [0.15, 0.2) is 0 Å². The van der Waals surface area contributed by atoms with E-state index in [0.717, 1.165) is 18.4 Å². The van der Waals surface area contributed by atoms with Crippen molar-refractivity contribution in [2.45, 2.75) is 57.3 Å². The molecule has 3 heteroatoms. The van der Waals surface area contributed by atoms with Gasteiger partial charge in [-0.2, -0.15) is 0 Å². The van der Waals surface area contributed by atoms with E-state index in [9.17, 15) is 15.3 Å². The highest BCUT2D eigenvalue weighted by Gasteiger charge is 2.60.